The molecule has 2 aromatic rings. The van der Waals surface area contributed by atoms with Gasteiger partial charge in [0.1, 0.15) is 10.7 Å². The molecule has 1 aromatic heterocycles. The molecule has 0 bridgehead atoms. The molecule has 212 valence electrons. The fraction of sp³-hybridized carbons (Fsp3) is 0.462. The predicted octanol–water partition coefficient (Wildman–Crippen LogP) is 4.70. The molecule has 1 aliphatic heterocycles. The summed E-state index contributed by atoms with van der Waals surface area (Å²) < 4.78 is 75.3. The van der Waals surface area contributed by atoms with Crippen molar-refractivity contribution in [1.82, 2.24) is 15.2 Å². The largest absolute Gasteiger partial charge is 0.425 e. The monoisotopic (exact) mass is 596 g/mol. The quantitative estimate of drug-likeness (QED) is 0.478. The van der Waals surface area contributed by atoms with Gasteiger partial charge in [-0.05, 0) is 61.1 Å². The molecule has 3 aliphatic rings. The molecule has 2 aliphatic carbocycles. The van der Waals surface area contributed by atoms with Crippen molar-refractivity contribution in [3.63, 3.8) is 0 Å². The van der Waals surface area contributed by atoms with Crippen molar-refractivity contribution in [2.24, 2.45) is 5.41 Å². The van der Waals surface area contributed by atoms with Crippen molar-refractivity contribution in [2.45, 2.75) is 67.1 Å². The third-order valence-electron chi connectivity index (χ3n) is 7.63. The number of hydrogen-bond acceptors (Lipinski definition) is 7. The SMILES string of the molecule is CC1(C(=O)N2C[C@H](S(=O)(=O)c3ccc(-c4ccnc(Cl)c4)cc3C(F)(F)F)C[C@@H]2OC(=O)NC2(C#N)CC2)CC1. The molecule has 0 radical (unpaired) electrons. The highest BCUT2D eigenvalue weighted by molar-refractivity contribution is 7.92. The maximum Gasteiger partial charge on any atom is 0.417 e. The number of nitriles is 1. The third kappa shape index (κ3) is 5.34. The number of amides is 2. The van der Waals surface area contributed by atoms with E-state index in [-0.39, 0.29) is 10.7 Å². The minimum absolute atomic E-state index is 0.0558. The van der Waals surface area contributed by atoms with Gasteiger partial charge in [0.25, 0.3) is 0 Å². The molecule has 5 rings (SSSR count). The first-order chi connectivity index (χ1) is 18.7. The van der Waals surface area contributed by atoms with Gasteiger partial charge in [0, 0.05) is 24.6 Å². The second-order valence-corrected chi connectivity index (χ2v) is 13.3. The number of nitrogens with one attached hydrogen (secondary N) is 1. The van der Waals surface area contributed by atoms with Gasteiger partial charge in [0.2, 0.25) is 5.91 Å². The number of alkyl carbamates (subject to hydrolysis) is 1. The molecule has 2 amide bonds. The second kappa shape index (κ2) is 9.62. The summed E-state index contributed by atoms with van der Waals surface area (Å²) in [6.45, 7) is 1.24. The number of halogens is 4. The minimum atomic E-state index is -5.02. The van der Waals surface area contributed by atoms with Gasteiger partial charge in [0.15, 0.2) is 16.1 Å². The summed E-state index contributed by atoms with van der Waals surface area (Å²) in [5.41, 5.74) is -2.79. The van der Waals surface area contributed by atoms with Crippen molar-refractivity contribution in [1.29, 1.82) is 5.26 Å². The molecule has 40 heavy (non-hydrogen) atoms. The van der Waals surface area contributed by atoms with Crippen molar-refractivity contribution in [2.75, 3.05) is 6.54 Å². The average Bonchev–Trinajstić information content (AvgIpc) is 3.80. The number of pyridine rings is 1. The number of likely N-dealkylation sites (tertiary alicyclic amines) is 1. The summed E-state index contributed by atoms with van der Waals surface area (Å²) in [5.74, 6) is -0.439. The van der Waals surface area contributed by atoms with E-state index in [4.69, 9.17) is 16.3 Å². The maximum atomic E-state index is 14.2. The van der Waals surface area contributed by atoms with Crippen molar-refractivity contribution in [3.05, 3.63) is 47.2 Å². The Bertz CT molecular complexity index is 1530. The lowest BCUT2D eigenvalue weighted by molar-refractivity contribution is -0.143. The lowest BCUT2D eigenvalue weighted by atomic mass is 10.0. The number of ether oxygens (including phenoxy) is 1. The second-order valence-electron chi connectivity index (χ2n) is 10.7. The summed E-state index contributed by atoms with van der Waals surface area (Å²) in [4.78, 5) is 29.7. The molecule has 3 fully saturated rings. The fourth-order valence-corrected chi connectivity index (χ4v) is 6.79. The lowest BCUT2D eigenvalue weighted by Crippen LogP contribution is -2.45. The molecule has 0 unspecified atom stereocenters. The van der Waals surface area contributed by atoms with Gasteiger partial charge in [-0.2, -0.15) is 18.4 Å². The molecule has 2 atom stereocenters. The van der Waals surface area contributed by atoms with Crippen LogP contribution in [0.1, 0.15) is 44.6 Å². The Labute approximate surface area is 233 Å². The van der Waals surface area contributed by atoms with E-state index in [2.05, 4.69) is 10.3 Å². The number of nitrogens with zero attached hydrogens (tertiary/aromatic N) is 3. The molecule has 0 spiro atoms. The summed E-state index contributed by atoms with van der Waals surface area (Å²) in [6.07, 6.45) is -4.51. The molecular formula is C26H24ClF3N4O5S. The minimum Gasteiger partial charge on any atom is -0.425 e. The highest BCUT2D eigenvalue weighted by Crippen LogP contribution is 2.48. The molecule has 1 N–H and O–H groups in total. The van der Waals surface area contributed by atoms with E-state index in [1.807, 2.05) is 6.07 Å². The van der Waals surface area contributed by atoms with Crippen molar-refractivity contribution >= 4 is 33.4 Å². The van der Waals surface area contributed by atoms with Crippen LogP contribution >= 0.6 is 11.6 Å². The van der Waals surface area contributed by atoms with Gasteiger partial charge in [0.05, 0.1) is 21.8 Å². The summed E-state index contributed by atoms with van der Waals surface area (Å²) in [7, 11) is -4.66. The van der Waals surface area contributed by atoms with E-state index in [1.54, 1.807) is 6.92 Å². The van der Waals surface area contributed by atoms with Crippen LogP contribution in [0.3, 0.4) is 0 Å². The molecule has 2 heterocycles. The average molecular weight is 597 g/mol. The lowest BCUT2D eigenvalue weighted by Gasteiger charge is -2.27. The predicted molar refractivity (Wildman–Crippen MR) is 135 cm³/mol. The van der Waals surface area contributed by atoms with Crippen LogP contribution in [0.4, 0.5) is 18.0 Å². The molecule has 2 saturated carbocycles. The van der Waals surface area contributed by atoms with E-state index in [9.17, 15) is 36.4 Å². The third-order valence-corrected chi connectivity index (χ3v) is 10.0. The molecule has 1 saturated heterocycles. The Morgan fingerprint density at radius 3 is 2.42 bits per heavy atom. The summed E-state index contributed by atoms with van der Waals surface area (Å²) in [5, 5.41) is 10.2. The molecule has 1 aromatic carbocycles. The number of carbonyl (C=O) groups is 2. The highest BCUT2D eigenvalue weighted by atomic mass is 35.5. The Kier molecular flexibility index (Phi) is 6.78. The van der Waals surface area contributed by atoms with Crippen LogP contribution in [0.25, 0.3) is 11.1 Å². The van der Waals surface area contributed by atoms with Crippen LogP contribution < -0.4 is 5.32 Å². The first-order valence-corrected chi connectivity index (χ1v) is 14.4. The Balaban J connectivity index is 1.46. The number of aromatic nitrogens is 1. The van der Waals surface area contributed by atoms with Crippen molar-refractivity contribution in [3.8, 4) is 17.2 Å². The Hall–Kier alpha value is -3.37. The van der Waals surface area contributed by atoms with Gasteiger partial charge in [-0.3, -0.25) is 4.79 Å². The fourth-order valence-electron chi connectivity index (χ4n) is 4.74. The number of hydrogen-bond donors (Lipinski definition) is 1. The topological polar surface area (TPSA) is 129 Å². The summed E-state index contributed by atoms with van der Waals surface area (Å²) in [6, 6.07) is 7.64. The van der Waals surface area contributed by atoms with E-state index in [0.29, 0.717) is 31.2 Å². The van der Waals surface area contributed by atoms with Crippen LogP contribution in [-0.2, 0) is 25.5 Å². The Morgan fingerprint density at radius 2 is 1.85 bits per heavy atom. The zero-order valence-electron chi connectivity index (χ0n) is 21.2. The zero-order valence-corrected chi connectivity index (χ0v) is 22.7. The van der Waals surface area contributed by atoms with E-state index in [0.717, 1.165) is 17.0 Å². The number of benzene rings is 1. The van der Waals surface area contributed by atoms with Crippen LogP contribution in [-0.4, -0.2) is 53.9 Å². The zero-order chi connectivity index (χ0) is 29.1. The first kappa shape index (κ1) is 28.2. The van der Waals surface area contributed by atoms with Crippen molar-refractivity contribution < 1.29 is 35.9 Å². The number of alkyl halides is 3. The van der Waals surface area contributed by atoms with E-state index in [1.165, 1.54) is 24.4 Å². The van der Waals surface area contributed by atoms with Gasteiger partial charge in [-0.25, -0.2) is 18.2 Å². The summed E-state index contributed by atoms with van der Waals surface area (Å²) >= 11 is 5.87. The van der Waals surface area contributed by atoms with Crippen LogP contribution in [0.2, 0.25) is 5.15 Å². The van der Waals surface area contributed by atoms with Gasteiger partial charge in [-0.15, -0.1) is 0 Å². The number of rotatable bonds is 6. The first-order valence-electron chi connectivity index (χ1n) is 12.5. The van der Waals surface area contributed by atoms with Gasteiger partial charge in [-0.1, -0.05) is 24.6 Å². The molecule has 9 nitrogen and oxygen atoms in total. The number of sulfone groups is 1. The maximum absolute atomic E-state index is 14.2. The normalized spacial score (nSPS) is 22.8. The van der Waals surface area contributed by atoms with Gasteiger partial charge < -0.3 is 15.0 Å². The molecule has 14 heteroatoms. The Morgan fingerprint density at radius 1 is 1.18 bits per heavy atom. The van der Waals surface area contributed by atoms with E-state index >= 15 is 0 Å². The van der Waals surface area contributed by atoms with Crippen LogP contribution in [0, 0.1) is 16.7 Å². The van der Waals surface area contributed by atoms with Gasteiger partial charge >= 0.3 is 12.3 Å². The van der Waals surface area contributed by atoms with Crippen LogP contribution in [0.15, 0.2) is 41.4 Å². The van der Waals surface area contributed by atoms with E-state index < -0.39 is 73.9 Å². The highest BCUT2D eigenvalue weighted by Gasteiger charge is 2.54. The smallest absolute Gasteiger partial charge is 0.417 e. The molecular weight excluding hydrogens is 573 g/mol. The standard InChI is InChI=1S/C26H24ClF3N4O5S/c1-24(5-6-24)22(35)34-13-17(12-21(34)39-23(36)33-25(14-31)7-8-25)40(37,38)19-3-2-15(10-18(19)26(28,29)30)16-4-9-32-20(27)11-16/h2-4,9-11,17,21H,5-8,12-13H2,1H3,(H,33,36)/t17-,21+/m1/s1. The van der Waals surface area contributed by atoms with Crippen LogP contribution in [0.5, 0.6) is 0 Å². The number of carbonyl (C=O) groups excluding carboxylic acids is 2.